The Kier molecular flexibility index (Phi) is 7.40. The van der Waals surface area contributed by atoms with Crippen molar-refractivity contribution in [2.24, 2.45) is 0 Å². The van der Waals surface area contributed by atoms with E-state index < -0.39 is 15.9 Å². The number of hydrogen-bond acceptors (Lipinski definition) is 6. The largest absolute Gasteiger partial charge is 0.493 e. The number of anilines is 1. The molecular formula is C22H28N2O6S. The fraction of sp³-hybridized carbons (Fsp3) is 0.409. The fourth-order valence-electron chi connectivity index (χ4n) is 3.62. The zero-order chi connectivity index (χ0) is 22.4. The van der Waals surface area contributed by atoms with Gasteiger partial charge in [0.1, 0.15) is 0 Å². The molecule has 2 aromatic carbocycles. The van der Waals surface area contributed by atoms with Crippen LogP contribution in [0.3, 0.4) is 0 Å². The van der Waals surface area contributed by atoms with Crippen molar-refractivity contribution in [1.29, 1.82) is 0 Å². The van der Waals surface area contributed by atoms with Crippen LogP contribution < -0.4 is 19.5 Å². The van der Waals surface area contributed by atoms with Crippen LogP contribution in [0.4, 0.5) is 5.69 Å². The van der Waals surface area contributed by atoms with E-state index in [2.05, 4.69) is 5.32 Å². The predicted octanol–water partition coefficient (Wildman–Crippen LogP) is 3.53. The second-order valence-electron chi connectivity index (χ2n) is 7.18. The number of rotatable bonds is 7. The van der Waals surface area contributed by atoms with E-state index in [4.69, 9.17) is 14.2 Å². The van der Waals surface area contributed by atoms with Gasteiger partial charge in [-0.25, -0.2) is 8.42 Å². The average molecular weight is 449 g/mol. The number of benzene rings is 2. The molecule has 1 fully saturated rings. The average Bonchev–Trinajstić information content (AvgIpc) is 3.08. The van der Waals surface area contributed by atoms with Crippen LogP contribution in [0, 0.1) is 0 Å². The molecule has 0 atom stereocenters. The fourth-order valence-corrected chi connectivity index (χ4v) is 5.14. The first kappa shape index (κ1) is 22.9. The van der Waals surface area contributed by atoms with Gasteiger partial charge in [-0.15, -0.1) is 0 Å². The minimum absolute atomic E-state index is 0.219. The Labute approximate surface area is 183 Å². The molecular weight excluding hydrogens is 420 g/mol. The maximum atomic E-state index is 12.9. The first-order valence-corrected chi connectivity index (χ1v) is 11.6. The Morgan fingerprint density at radius 2 is 1.45 bits per heavy atom. The number of nitrogens with one attached hydrogen (secondary N) is 1. The van der Waals surface area contributed by atoms with Crippen LogP contribution in [0.2, 0.25) is 0 Å². The number of nitrogens with zero attached hydrogens (tertiary/aromatic N) is 1. The van der Waals surface area contributed by atoms with Crippen molar-refractivity contribution in [2.45, 2.75) is 30.6 Å². The minimum Gasteiger partial charge on any atom is -0.493 e. The van der Waals surface area contributed by atoms with Crippen LogP contribution in [0.1, 0.15) is 36.0 Å². The van der Waals surface area contributed by atoms with Crippen molar-refractivity contribution in [2.75, 3.05) is 39.7 Å². The quantitative estimate of drug-likeness (QED) is 0.696. The van der Waals surface area contributed by atoms with Gasteiger partial charge in [0.2, 0.25) is 15.8 Å². The number of hydrogen-bond donors (Lipinski definition) is 1. The summed E-state index contributed by atoms with van der Waals surface area (Å²) in [4.78, 5) is 13.0. The van der Waals surface area contributed by atoms with E-state index in [0.717, 1.165) is 25.7 Å². The van der Waals surface area contributed by atoms with Crippen LogP contribution in [0.15, 0.2) is 41.3 Å². The van der Waals surface area contributed by atoms with E-state index in [1.54, 1.807) is 28.6 Å². The summed E-state index contributed by atoms with van der Waals surface area (Å²) < 4.78 is 43.3. The molecule has 0 unspecified atom stereocenters. The Morgan fingerprint density at radius 3 is 2.00 bits per heavy atom. The topological polar surface area (TPSA) is 94.2 Å². The molecule has 1 N–H and O–H groups in total. The number of ether oxygens (including phenoxy) is 3. The molecule has 9 heteroatoms. The summed E-state index contributed by atoms with van der Waals surface area (Å²) in [7, 11) is 0.863. The van der Waals surface area contributed by atoms with E-state index >= 15 is 0 Å². The first-order valence-electron chi connectivity index (χ1n) is 10.1. The molecule has 0 aliphatic carbocycles. The van der Waals surface area contributed by atoms with Crippen molar-refractivity contribution < 1.29 is 27.4 Å². The van der Waals surface area contributed by atoms with E-state index in [9.17, 15) is 13.2 Å². The summed E-state index contributed by atoms with van der Waals surface area (Å²) in [5, 5.41) is 2.77. The van der Waals surface area contributed by atoms with Crippen molar-refractivity contribution in [3.8, 4) is 17.2 Å². The highest BCUT2D eigenvalue weighted by atomic mass is 32.2. The third-order valence-electron chi connectivity index (χ3n) is 5.26. The van der Waals surface area contributed by atoms with Crippen LogP contribution in [0.25, 0.3) is 0 Å². The number of methoxy groups -OCH3 is 3. The Bertz CT molecular complexity index is 1010. The van der Waals surface area contributed by atoms with Gasteiger partial charge in [0.15, 0.2) is 11.5 Å². The van der Waals surface area contributed by atoms with E-state index in [0.29, 0.717) is 30.3 Å². The normalized spacial score (nSPS) is 15.1. The first-order chi connectivity index (χ1) is 14.9. The molecule has 1 amide bonds. The molecule has 8 nitrogen and oxygen atoms in total. The second kappa shape index (κ2) is 10.0. The Hall–Kier alpha value is -2.78. The van der Waals surface area contributed by atoms with Gasteiger partial charge >= 0.3 is 0 Å². The molecule has 1 saturated heterocycles. The molecule has 1 heterocycles. The molecule has 31 heavy (non-hydrogen) atoms. The second-order valence-corrected chi connectivity index (χ2v) is 9.12. The summed E-state index contributed by atoms with van der Waals surface area (Å²) in [6, 6.07) is 9.38. The SMILES string of the molecule is COc1ccc(C(=O)Nc2ccc(S(=O)(=O)N3CCCCCC3)cc2)c(OC)c1OC. The van der Waals surface area contributed by atoms with Gasteiger partial charge in [0, 0.05) is 18.8 Å². The summed E-state index contributed by atoms with van der Waals surface area (Å²) in [5.41, 5.74) is 0.734. The third-order valence-corrected chi connectivity index (χ3v) is 7.18. The van der Waals surface area contributed by atoms with Gasteiger partial charge in [-0.05, 0) is 49.2 Å². The van der Waals surface area contributed by atoms with Crippen LogP contribution in [-0.2, 0) is 10.0 Å². The number of amides is 1. The number of sulfonamides is 1. The molecule has 0 saturated carbocycles. The van der Waals surface area contributed by atoms with Gasteiger partial charge in [0.05, 0.1) is 31.8 Å². The Balaban J connectivity index is 1.79. The zero-order valence-corrected chi connectivity index (χ0v) is 18.8. The third kappa shape index (κ3) is 4.94. The molecule has 0 aromatic heterocycles. The molecule has 1 aliphatic heterocycles. The van der Waals surface area contributed by atoms with Gasteiger partial charge in [0.25, 0.3) is 5.91 Å². The minimum atomic E-state index is -3.54. The monoisotopic (exact) mass is 448 g/mol. The highest BCUT2D eigenvalue weighted by Gasteiger charge is 2.25. The smallest absolute Gasteiger partial charge is 0.259 e. The van der Waals surface area contributed by atoms with Crippen molar-refractivity contribution >= 4 is 21.6 Å². The summed E-state index contributed by atoms with van der Waals surface area (Å²) in [6.45, 7) is 1.08. The molecule has 0 radical (unpaired) electrons. The Morgan fingerprint density at radius 1 is 0.839 bits per heavy atom. The molecule has 168 valence electrons. The van der Waals surface area contributed by atoms with Gasteiger partial charge < -0.3 is 19.5 Å². The molecule has 3 rings (SSSR count). The van der Waals surface area contributed by atoms with Crippen molar-refractivity contribution in [3.63, 3.8) is 0 Å². The number of carbonyl (C=O) groups is 1. The van der Waals surface area contributed by atoms with Gasteiger partial charge in [-0.3, -0.25) is 4.79 Å². The molecule has 2 aromatic rings. The van der Waals surface area contributed by atoms with Gasteiger partial charge in [-0.2, -0.15) is 4.31 Å². The summed E-state index contributed by atoms with van der Waals surface area (Å²) in [6.07, 6.45) is 3.86. The van der Waals surface area contributed by atoms with Crippen molar-refractivity contribution in [1.82, 2.24) is 4.31 Å². The highest BCUT2D eigenvalue weighted by molar-refractivity contribution is 7.89. The predicted molar refractivity (Wildman–Crippen MR) is 118 cm³/mol. The number of carbonyl (C=O) groups excluding carboxylic acids is 1. The highest BCUT2D eigenvalue weighted by Crippen LogP contribution is 2.40. The maximum absolute atomic E-state index is 12.9. The lowest BCUT2D eigenvalue weighted by atomic mass is 10.1. The van der Waals surface area contributed by atoms with Crippen LogP contribution in [0.5, 0.6) is 17.2 Å². The maximum Gasteiger partial charge on any atom is 0.259 e. The summed E-state index contributed by atoms with van der Waals surface area (Å²) >= 11 is 0. The zero-order valence-electron chi connectivity index (χ0n) is 18.0. The van der Waals surface area contributed by atoms with Crippen LogP contribution in [-0.4, -0.2) is 53.0 Å². The molecule has 0 spiro atoms. The van der Waals surface area contributed by atoms with Crippen LogP contribution >= 0.6 is 0 Å². The molecule has 0 bridgehead atoms. The van der Waals surface area contributed by atoms with Crippen molar-refractivity contribution in [3.05, 3.63) is 42.0 Å². The van der Waals surface area contributed by atoms with E-state index in [1.807, 2.05) is 0 Å². The lowest BCUT2D eigenvalue weighted by Crippen LogP contribution is -2.31. The van der Waals surface area contributed by atoms with E-state index in [-0.39, 0.29) is 16.2 Å². The molecule has 1 aliphatic rings. The standard InChI is InChI=1S/C22H28N2O6S/c1-28-19-13-12-18(20(29-2)21(19)30-3)22(25)23-16-8-10-17(11-9-16)31(26,27)24-14-6-4-5-7-15-24/h8-13H,4-7,14-15H2,1-3H3,(H,23,25). The lowest BCUT2D eigenvalue weighted by Gasteiger charge is -2.20. The lowest BCUT2D eigenvalue weighted by molar-refractivity contribution is 0.102. The van der Waals surface area contributed by atoms with E-state index in [1.165, 1.54) is 33.5 Å². The summed E-state index contributed by atoms with van der Waals surface area (Å²) in [5.74, 6) is 0.594. The van der Waals surface area contributed by atoms with Gasteiger partial charge in [-0.1, -0.05) is 12.8 Å².